The molecule has 8 heavy (non-hydrogen) atoms. The molecule has 1 aromatic rings. The van der Waals surface area contributed by atoms with Crippen molar-refractivity contribution in [2.75, 3.05) is 0 Å². The number of hydrogen-bond acceptors (Lipinski definition) is 0. The molecule has 1 aromatic carbocycles. The number of benzene rings is 1. The van der Waals surface area contributed by atoms with E-state index in [2.05, 4.69) is 10.2 Å². The average Bonchev–Trinajstić information content (AvgIpc) is 1.64. The summed E-state index contributed by atoms with van der Waals surface area (Å²) in [6.07, 6.45) is 0. The summed E-state index contributed by atoms with van der Waals surface area (Å²) >= 11 is 0. The molecule has 1 rings (SSSR count). The van der Waals surface area contributed by atoms with Crippen LogP contribution in [-0.4, -0.2) is 10.2 Å². The lowest BCUT2D eigenvalue weighted by Gasteiger charge is -1.87. The van der Waals surface area contributed by atoms with Crippen LogP contribution in [0.15, 0.2) is 24.3 Å². The quantitative estimate of drug-likeness (QED) is 0.444. The van der Waals surface area contributed by atoms with Crippen molar-refractivity contribution in [2.24, 2.45) is 0 Å². The standard InChI is InChI=1S/C6H4FSi/c7-5-2-1-3-6(8)4-5/h1-4H. The summed E-state index contributed by atoms with van der Waals surface area (Å²) in [5.74, 6) is -0.211. The summed E-state index contributed by atoms with van der Waals surface area (Å²) in [5.41, 5.74) is 0. The van der Waals surface area contributed by atoms with Crippen LogP contribution in [0.2, 0.25) is 0 Å². The van der Waals surface area contributed by atoms with Gasteiger partial charge in [-0.05, 0) is 12.1 Å². The van der Waals surface area contributed by atoms with E-state index >= 15 is 0 Å². The molecular formula is C6H4FSi. The van der Waals surface area contributed by atoms with E-state index < -0.39 is 0 Å². The topological polar surface area (TPSA) is 0 Å². The zero-order valence-corrected chi connectivity index (χ0v) is 5.19. The first-order valence-corrected chi connectivity index (χ1v) is 2.76. The highest BCUT2D eigenvalue weighted by Crippen LogP contribution is 1.89. The van der Waals surface area contributed by atoms with Gasteiger partial charge in [0.1, 0.15) is 5.82 Å². The van der Waals surface area contributed by atoms with E-state index in [0.717, 1.165) is 5.19 Å². The Morgan fingerprint density at radius 2 is 2.12 bits per heavy atom. The van der Waals surface area contributed by atoms with E-state index in [1.165, 1.54) is 12.1 Å². The first-order valence-electron chi connectivity index (χ1n) is 2.26. The molecule has 0 aliphatic rings. The van der Waals surface area contributed by atoms with E-state index in [9.17, 15) is 4.39 Å². The van der Waals surface area contributed by atoms with Gasteiger partial charge in [-0.1, -0.05) is 17.3 Å². The maximum absolute atomic E-state index is 12.1. The van der Waals surface area contributed by atoms with Gasteiger partial charge in [0, 0.05) is 0 Å². The highest BCUT2D eigenvalue weighted by Gasteiger charge is 1.84. The van der Waals surface area contributed by atoms with Crippen LogP contribution in [-0.2, 0) is 0 Å². The summed E-state index contributed by atoms with van der Waals surface area (Å²) < 4.78 is 12.1. The smallest absolute Gasteiger partial charge is 0.123 e. The first kappa shape index (κ1) is 5.50. The third kappa shape index (κ3) is 1.17. The Hall–Kier alpha value is -0.633. The molecule has 0 saturated carbocycles. The lowest BCUT2D eigenvalue weighted by molar-refractivity contribution is 0.629. The molecule has 0 heterocycles. The van der Waals surface area contributed by atoms with Crippen molar-refractivity contribution in [3.63, 3.8) is 0 Å². The zero-order chi connectivity index (χ0) is 5.98. The Morgan fingerprint density at radius 3 is 2.50 bits per heavy atom. The number of hydrogen-bond donors (Lipinski definition) is 0. The van der Waals surface area contributed by atoms with Crippen LogP contribution in [0.3, 0.4) is 0 Å². The molecule has 0 spiro atoms. The molecule has 2 heteroatoms. The Labute approximate surface area is 50.8 Å². The molecular weight excluding hydrogens is 119 g/mol. The normalized spacial score (nSPS) is 9.25. The lowest BCUT2D eigenvalue weighted by atomic mass is 10.3. The van der Waals surface area contributed by atoms with E-state index in [0.29, 0.717) is 0 Å². The van der Waals surface area contributed by atoms with Gasteiger partial charge in [0.2, 0.25) is 0 Å². The van der Waals surface area contributed by atoms with Gasteiger partial charge in [-0.15, -0.1) is 0 Å². The molecule has 0 aromatic heterocycles. The Kier molecular flexibility index (Phi) is 1.44. The highest BCUT2D eigenvalue weighted by atomic mass is 28.1. The van der Waals surface area contributed by atoms with Crippen molar-refractivity contribution in [2.45, 2.75) is 0 Å². The van der Waals surface area contributed by atoms with Gasteiger partial charge < -0.3 is 0 Å². The number of rotatable bonds is 0. The minimum Gasteiger partial charge on any atom is -0.207 e. The molecule has 0 N–H and O–H groups in total. The van der Waals surface area contributed by atoms with Crippen LogP contribution in [0.5, 0.6) is 0 Å². The lowest BCUT2D eigenvalue weighted by Crippen LogP contribution is -2.00. The van der Waals surface area contributed by atoms with Crippen LogP contribution in [0.4, 0.5) is 4.39 Å². The molecule has 0 saturated heterocycles. The van der Waals surface area contributed by atoms with Crippen LogP contribution in [0.25, 0.3) is 0 Å². The molecule has 0 atom stereocenters. The third-order valence-corrected chi connectivity index (χ3v) is 1.14. The Morgan fingerprint density at radius 1 is 1.38 bits per heavy atom. The summed E-state index contributed by atoms with van der Waals surface area (Å²) in [7, 11) is 3.17. The second-order valence-electron chi connectivity index (χ2n) is 1.51. The SMILES string of the molecule is Fc1cccc([Si])c1. The second kappa shape index (κ2) is 2.09. The maximum atomic E-state index is 12.1. The van der Waals surface area contributed by atoms with Crippen molar-refractivity contribution in [1.82, 2.24) is 0 Å². The van der Waals surface area contributed by atoms with Crippen molar-refractivity contribution in [3.8, 4) is 0 Å². The predicted molar refractivity (Wildman–Crippen MR) is 31.8 cm³/mol. The molecule has 0 amide bonds. The predicted octanol–water partition coefficient (Wildman–Crippen LogP) is 0.620. The van der Waals surface area contributed by atoms with Crippen LogP contribution < -0.4 is 5.19 Å². The Bertz CT molecular complexity index is 168. The van der Waals surface area contributed by atoms with E-state index in [4.69, 9.17) is 0 Å². The molecule has 0 fully saturated rings. The largest absolute Gasteiger partial charge is 0.207 e. The summed E-state index contributed by atoms with van der Waals surface area (Å²) in [6, 6.07) is 6.25. The van der Waals surface area contributed by atoms with Crippen molar-refractivity contribution in [3.05, 3.63) is 30.1 Å². The number of halogens is 1. The van der Waals surface area contributed by atoms with Crippen LogP contribution in [0, 0.1) is 5.82 Å². The minimum atomic E-state index is -0.211. The monoisotopic (exact) mass is 123 g/mol. The van der Waals surface area contributed by atoms with E-state index in [1.807, 2.05) is 0 Å². The molecule has 3 radical (unpaired) electrons. The van der Waals surface area contributed by atoms with Crippen molar-refractivity contribution in [1.29, 1.82) is 0 Å². The van der Waals surface area contributed by atoms with Gasteiger partial charge >= 0.3 is 0 Å². The van der Waals surface area contributed by atoms with Gasteiger partial charge in [0.05, 0.1) is 10.2 Å². The molecule has 39 valence electrons. The van der Waals surface area contributed by atoms with Crippen LogP contribution >= 0.6 is 0 Å². The van der Waals surface area contributed by atoms with Gasteiger partial charge in [0.15, 0.2) is 0 Å². The summed E-state index contributed by atoms with van der Waals surface area (Å²) in [4.78, 5) is 0. The van der Waals surface area contributed by atoms with Gasteiger partial charge in [0.25, 0.3) is 0 Å². The van der Waals surface area contributed by atoms with Gasteiger partial charge in [-0.25, -0.2) is 4.39 Å². The van der Waals surface area contributed by atoms with Crippen molar-refractivity contribution >= 4 is 15.4 Å². The fourth-order valence-electron chi connectivity index (χ4n) is 0.488. The van der Waals surface area contributed by atoms with Crippen molar-refractivity contribution < 1.29 is 4.39 Å². The van der Waals surface area contributed by atoms with E-state index in [-0.39, 0.29) is 5.82 Å². The maximum Gasteiger partial charge on any atom is 0.123 e. The zero-order valence-electron chi connectivity index (χ0n) is 4.19. The van der Waals surface area contributed by atoms with Gasteiger partial charge in [-0.2, -0.15) is 0 Å². The molecule has 0 unspecified atom stereocenters. The second-order valence-corrected chi connectivity index (χ2v) is 2.09. The van der Waals surface area contributed by atoms with E-state index in [1.54, 1.807) is 12.1 Å². The molecule has 0 bridgehead atoms. The summed E-state index contributed by atoms with van der Waals surface area (Å²) in [6.45, 7) is 0. The molecule has 0 aliphatic heterocycles. The highest BCUT2D eigenvalue weighted by molar-refractivity contribution is 6.32. The minimum absolute atomic E-state index is 0.211. The fraction of sp³-hybridized carbons (Fsp3) is 0. The molecule has 0 nitrogen and oxygen atoms in total. The molecule has 0 aliphatic carbocycles. The van der Waals surface area contributed by atoms with Gasteiger partial charge in [-0.3, -0.25) is 0 Å². The fourth-order valence-corrected chi connectivity index (χ4v) is 0.723. The first-order chi connectivity index (χ1) is 3.79. The Balaban J connectivity index is 3.08. The summed E-state index contributed by atoms with van der Waals surface area (Å²) in [5, 5.41) is 0.769. The van der Waals surface area contributed by atoms with Crippen LogP contribution in [0.1, 0.15) is 0 Å². The third-order valence-electron chi connectivity index (χ3n) is 0.825. The average molecular weight is 123 g/mol.